The summed E-state index contributed by atoms with van der Waals surface area (Å²) < 4.78 is 0. The standard InChI is InChI=1S/C22H24N4O2/c1-2-14-11-24-21(16-8-9-16)26-20(14)17-10-18(23-12-17)22(28)25-19(13-27)15-6-4-3-5-7-15/h3-7,10-12,16,19,23,27H,2,8-9,13H2,1H3,(H,25,28)/t19-/m0/s1. The van der Waals surface area contributed by atoms with Crippen molar-refractivity contribution in [3.05, 3.63) is 71.4 Å². The van der Waals surface area contributed by atoms with E-state index in [1.807, 2.05) is 48.8 Å². The largest absolute Gasteiger partial charge is 0.394 e. The van der Waals surface area contributed by atoms with Gasteiger partial charge in [-0.1, -0.05) is 37.3 Å². The third-order valence-electron chi connectivity index (χ3n) is 5.10. The number of carbonyl (C=O) groups is 1. The van der Waals surface area contributed by atoms with Crippen LogP contribution >= 0.6 is 0 Å². The molecule has 6 heteroatoms. The first-order valence-corrected chi connectivity index (χ1v) is 9.70. The predicted octanol–water partition coefficient (Wildman–Crippen LogP) is 3.37. The molecule has 1 aromatic carbocycles. The van der Waals surface area contributed by atoms with Crippen LogP contribution in [0.2, 0.25) is 0 Å². The van der Waals surface area contributed by atoms with Crippen LogP contribution < -0.4 is 5.32 Å². The van der Waals surface area contributed by atoms with Gasteiger partial charge >= 0.3 is 0 Å². The van der Waals surface area contributed by atoms with Crippen LogP contribution in [0.25, 0.3) is 11.3 Å². The zero-order valence-electron chi connectivity index (χ0n) is 15.9. The van der Waals surface area contributed by atoms with Crippen molar-refractivity contribution in [2.75, 3.05) is 6.61 Å². The number of benzene rings is 1. The number of aliphatic hydroxyl groups excluding tert-OH is 1. The van der Waals surface area contributed by atoms with Crippen molar-refractivity contribution in [3.8, 4) is 11.3 Å². The Hall–Kier alpha value is -2.99. The number of aryl methyl sites for hydroxylation is 1. The molecule has 0 spiro atoms. The Kier molecular flexibility index (Phi) is 5.21. The van der Waals surface area contributed by atoms with E-state index in [1.54, 1.807) is 0 Å². The number of hydrogen-bond donors (Lipinski definition) is 3. The van der Waals surface area contributed by atoms with Crippen molar-refractivity contribution in [2.45, 2.75) is 38.1 Å². The Morgan fingerprint density at radius 1 is 1.32 bits per heavy atom. The van der Waals surface area contributed by atoms with E-state index in [0.29, 0.717) is 11.6 Å². The summed E-state index contributed by atoms with van der Waals surface area (Å²) in [6.45, 7) is 1.91. The predicted molar refractivity (Wildman–Crippen MR) is 107 cm³/mol. The molecule has 6 nitrogen and oxygen atoms in total. The van der Waals surface area contributed by atoms with Gasteiger partial charge in [-0.25, -0.2) is 9.97 Å². The minimum Gasteiger partial charge on any atom is -0.394 e. The highest BCUT2D eigenvalue weighted by molar-refractivity contribution is 5.94. The molecule has 2 aromatic heterocycles. The first kappa shape index (κ1) is 18.4. The molecule has 0 radical (unpaired) electrons. The molecule has 144 valence electrons. The van der Waals surface area contributed by atoms with Crippen molar-refractivity contribution in [1.29, 1.82) is 0 Å². The second-order valence-corrected chi connectivity index (χ2v) is 7.15. The van der Waals surface area contributed by atoms with Crippen LogP contribution in [-0.4, -0.2) is 32.6 Å². The van der Waals surface area contributed by atoms with Gasteiger partial charge in [-0.15, -0.1) is 0 Å². The van der Waals surface area contributed by atoms with Crippen molar-refractivity contribution >= 4 is 5.91 Å². The first-order valence-electron chi connectivity index (χ1n) is 9.70. The van der Waals surface area contributed by atoms with E-state index >= 15 is 0 Å². The monoisotopic (exact) mass is 376 g/mol. The molecule has 0 bridgehead atoms. The van der Waals surface area contributed by atoms with Crippen molar-refractivity contribution in [2.24, 2.45) is 0 Å². The van der Waals surface area contributed by atoms with Gasteiger partial charge in [0.2, 0.25) is 0 Å². The molecule has 1 aliphatic carbocycles. The van der Waals surface area contributed by atoms with E-state index in [0.717, 1.165) is 47.5 Å². The van der Waals surface area contributed by atoms with Crippen LogP contribution in [-0.2, 0) is 6.42 Å². The molecule has 3 aromatic rings. The van der Waals surface area contributed by atoms with E-state index in [2.05, 4.69) is 22.2 Å². The lowest BCUT2D eigenvalue weighted by Crippen LogP contribution is -2.30. The van der Waals surface area contributed by atoms with Crippen molar-refractivity contribution < 1.29 is 9.90 Å². The normalized spacial score (nSPS) is 14.6. The van der Waals surface area contributed by atoms with Crippen LogP contribution in [0.15, 0.2) is 48.8 Å². The lowest BCUT2D eigenvalue weighted by Gasteiger charge is -2.16. The number of nitrogens with zero attached hydrogens (tertiary/aromatic N) is 2. The Balaban J connectivity index is 1.56. The van der Waals surface area contributed by atoms with E-state index in [1.165, 1.54) is 0 Å². The summed E-state index contributed by atoms with van der Waals surface area (Å²) >= 11 is 0. The Labute approximate surface area is 164 Å². The van der Waals surface area contributed by atoms with Crippen molar-refractivity contribution in [1.82, 2.24) is 20.3 Å². The number of aromatic nitrogens is 3. The number of rotatable bonds is 7. The highest BCUT2D eigenvalue weighted by Crippen LogP contribution is 2.39. The van der Waals surface area contributed by atoms with Gasteiger partial charge in [0.05, 0.1) is 18.3 Å². The maximum Gasteiger partial charge on any atom is 0.268 e. The molecule has 1 amide bonds. The van der Waals surface area contributed by atoms with Crippen LogP contribution in [0.3, 0.4) is 0 Å². The van der Waals surface area contributed by atoms with E-state index < -0.39 is 6.04 Å². The maximum atomic E-state index is 12.7. The molecule has 2 heterocycles. The lowest BCUT2D eigenvalue weighted by molar-refractivity contribution is 0.0912. The summed E-state index contributed by atoms with van der Waals surface area (Å²) in [7, 11) is 0. The molecular weight excluding hydrogens is 352 g/mol. The number of amides is 1. The molecule has 4 rings (SSSR count). The molecule has 1 saturated carbocycles. The topological polar surface area (TPSA) is 90.9 Å². The van der Waals surface area contributed by atoms with Crippen LogP contribution in [0, 0.1) is 0 Å². The molecule has 0 saturated heterocycles. The number of aromatic amines is 1. The zero-order valence-corrected chi connectivity index (χ0v) is 15.9. The second kappa shape index (κ2) is 7.94. The summed E-state index contributed by atoms with van der Waals surface area (Å²) in [5.74, 6) is 1.11. The maximum absolute atomic E-state index is 12.7. The molecule has 1 atom stereocenters. The SMILES string of the molecule is CCc1cnc(C2CC2)nc1-c1c[nH]c(C(=O)N[C@@H](CO)c2ccccc2)c1. The quantitative estimate of drug-likeness (QED) is 0.590. The molecular formula is C22H24N4O2. The minimum absolute atomic E-state index is 0.167. The zero-order chi connectivity index (χ0) is 19.5. The van der Waals surface area contributed by atoms with Gasteiger partial charge in [-0.2, -0.15) is 0 Å². The number of carbonyl (C=O) groups excluding carboxylic acids is 1. The lowest BCUT2D eigenvalue weighted by atomic mass is 10.1. The minimum atomic E-state index is -0.452. The first-order chi connectivity index (χ1) is 13.7. The van der Waals surface area contributed by atoms with Gasteiger partial charge in [-0.05, 0) is 36.5 Å². The summed E-state index contributed by atoms with van der Waals surface area (Å²) in [5, 5.41) is 12.6. The number of nitrogens with one attached hydrogen (secondary N) is 2. The molecule has 1 aliphatic rings. The molecule has 3 N–H and O–H groups in total. The number of hydrogen-bond acceptors (Lipinski definition) is 4. The number of aliphatic hydroxyl groups is 1. The Morgan fingerprint density at radius 3 is 2.79 bits per heavy atom. The van der Waals surface area contributed by atoms with Crippen molar-refractivity contribution in [3.63, 3.8) is 0 Å². The number of H-pyrrole nitrogens is 1. The third-order valence-corrected chi connectivity index (χ3v) is 5.10. The average molecular weight is 376 g/mol. The van der Waals surface area contributed by atoms with Gasteiger partial charge in [0.15, 0.2) is 0 Å². The fraction of sp³-hybridized carbons (Fsp3) is 0.318. The van der Waals surface area contributed by atoms with Crippen LogP contribution in [0.5, 0.6) is 0 Å². The summed E-state index contributed by atoms with van der Waals surface area (Å²) in [4.78, 5) is 25.0. The third kappa shape index (κ3) is 3.82. The van der Waals surface area contributed by atoms with Gasteiger partial charge in [-0.3, -0.25) is 4.79 Å². The summed E-state index contributed by atoms with van der Waals surface area (Å²) in [6, 6.07) is 10.8. The summed E-state index contributed by atoms with van der Waals surface area (Å²) in [5.41, 5.74) is 4.14. The van der Waals surface area contributed by atoms with Gasteiger partial charge in [0.25, 0.3) is 5.91 Å². The van der Waals surface area contributed by atoms with Gasteiger partial charge < -0.3 is 15.4 Å². The highest BCUT2D eigenvalue weighted by atomic mass is 16.3. The summed E-state index contributed by atoms with van der Waals surface area (Å²) in [6.07, 6.45) is 6.83. The van der Waals surface area contributed by atoms with Gasteiger partial charge in [0.1, 0.15) is 11.5 Å². The fourth-order valence-electron chi connectivity index (χ4n) is 3.29. The van der Waals surface area contributed by atoms with E-state index in [4.69, 9.17) is 4.98 Å². The van der Waals surface area contributed by atoms with Gasteiger partial charge in [0, 0.05) is 23.9 Å². The smallest absolute Gasteiger partial charge is 0.268 e. The molecule has 0 unspecified atom stereocenters. The van der Waals surface area contributed by atoms with E-state index in [9.17, 15) is 9.90 Å². The Morgan fingerprint density at radius 2 is 2.11 bits per heavy atom. The molecule has 0 aliphatic heterocycles. The molecule has 28 heavy (non-hydrogen) atoms. The molecule has 1 fully saturated rings. The average Bonchev–Trinajstić information content (AvgIpc) is 3.48. The van der Waals surface area contributed by atoms with Crippen LogP contribution in [0.4, 0.5) is 0 Å². The fourth-order valence-corrected chi connectivity index (χ4v) is 3.29. The highest BCUT2D eigenvalue weighted by Gasteiger charge is 2.27. The Bertz CT molecular complexity index is 964. The van der Waals surface area contributed by atoms with Crippen LogP contribution in [0.1, 0.15) is 59.2 Å². The second-order valence-electron chi connectivity index (χ2n) is 7.15. The van der Waals surface area contributed by atoms with E-state index in [-0.39, 0.29) is 12.5 Å².